The number of aliphatic carboxylic acids is 1. The molecule has 2 saturated heterocycles. The van der Waals surface area contributed by atoms with Gasteiger partial charge in [-0.1, -0.05) is 0 Å². The van der Waals surface area contributed by atoms with Crippen LogP contribution in [-0.4, -0.2) is 53.2 Å². The summed E-state index contributed by atoms with van der Waals surface area (Å²) in [6, 6.07) is 0.251. The average Bonchev–Trinajstić information content (AvgIpc) is 2.74. The van der Waals surface area contributed by atoms with E-state index in [9.17, 15) is 9.59 Å². The number of urea groups is 1. The molecule has 2 amide bonds. The lowest BCUT2D eigenvalue weighted by Crippen LogP contribution is -2.51. The number of carboxylic acid groups (broad SMARTS) is 1. The number of nitrogens with one attached hydrogen (secondary N) is 2. The van der Waals surface area contributed by atoms with Crippen LogP contribution in [0.3, 0.4) is 0 Å². The third-order valence-corrected chi connectivity index (χ3v) is 4.01. The van der Waals surface area contributed by atoms with Crippen molar-refractivity contribution in [2.24, 2.45) is 0 Å². The molecular weight excluding hydrogens is 246 g/mol. The normalized spacial score (nSPS) is 28.5. The topological polar surface area (TPSA) is 81.7 Å². The highest BCUT2D eigenvalue weighted by atomic mass is 16.4. The van der Waals surface area contributed by atoms with Crippen molar-refractivity contribution >= 4 is 12.0 Å². The van der Waals surface area contributed by atoms with Crippen molar-refractivity contribution in [1.29, 1.82) is 0 Å². The zero-order valence-corrected chi connectivity index (χ0v) is 11.4. The fourth-order valence-electron chi connectivity index (χ4n) is 3.12. The Hall–Kier alpha value is -1.30. The molecule has 2 rings (SSSR count). The molecular formula is C13H23N3O3. The Labute approximate surface area is 113 Å². The Morgan fingerprint density at radius 2 is 2.16 bits per heavy atom. The number of nitrogens with zero attached hydrogens (tertiary/aromatic N) is 1. The highest BCUT2D eigenvalue weighted by Gasteiger charge is 2.32. The lowest BCUT2D eigenvalue weighted by molar-refractivity contribution is -0.137. The summed E-state index contributed by atoms with van der Waals surface area (Å²) in [5.41, 5.74) is 0. The zero-order chi connectivity index (χ0) is 13.8. The smallest absolute Gasteiger partial charge is 0.315 e. The van der Waals surface area contributed by atoms with E-state index in [4.69, 9.17) is 5.11 Å². The summed E-state index contributed by atoms with van der Waals surface area (Å²) in [4.78, 5) is 24.8. The van der Waals surface area contributed by atoms with Crippen LogP contribution in [0.25, 0.3) is 0 Å². The van der Waals surface area contributed by atoms with E-state index in [0.717, 1.165) is 19.4 Å². The molecule has 0 radical (unpaired) electrons. The maximum Gasteiger partial charge on any atom is 0.315 e. The van der Waals surface area contributed by atoms with E-state index < -0.39 is 5.97 Å². The quantitative estimate of drug-likeness (QED) is 0.704. The predicted octanol–water partition coefficient (Wildman–Crippen LogP) is 0.776. The number of fused-ring (bicyclic) bond motifs is 1. The van der Waals surface area contributed by atoms with Gasteiger partial charge in [0.25, 0.3) is 0 Å². The van der Waals surface area contributed by atoms with Gasteiger partial charge in [-0.15, -0.1) is 0 Å². The fraction of sp³-hybridized carbons (Fsp3) is 0.846. The first-order valence-electron chi connectivity index (χ1n) is 7.07. The third kappa shape index (κ3) is 4.09. The Morgan fingerprint density at radius 3 is 2.89 bits per heavy atom. The number of hydrogen-bond donors (Lipinski definition) is 3. The van der Waals surface area contributed by atoms with E-state index in [1.807, 2.05) is 0 Å². The first-order valence-corrected chi connectivity index (χ1v) is 7.07. The highest BCUT2D eigenvalue weighted by molar-refractivity contribution is 5.75. The second kappa shape index (κ2) is 6.23. The van der Waals surface area contributed by atoms with Crippen LogP contribution in [0.2, 0.25) is 0 Å². The summed E-state index contributed by atoms with van der Waals surface area (Å²) in [7, 11) is 0. The molecule has 108 valence electrons. The minimum Gasteiger partial charge on any atom is -0.481 e. The number of piperidine rings is 1. The van der Waals surface area contributed by atoms with Gasteiger partial charge in [0.2, 0.25) is 0 Å². The van der Waals surface area contributed by atoms with Crippen LogP contribution in [-0.2, 0) is 4.79 Å². The second-order valence-corrected chi connectivity index (χ2v) is 5.67. The van der Waals surface area contributed by atoms with Gasteiger partial charge in [0.1, 0.15) is 0 Å². The Bertz CT molecular complexity index is 348. The molecule has 2 heterocycles. The lowest BCUT2D eigenvalue weighted by atomic mass is 9.98. The summed E-state index contributed by atoms with van der Waals surface area (Å²) in [6.45, 7) is 3.95. The van der Waals surface area contributed by atoms with Crippen molar-refractivity contribution in [3.63, 3.8) is 0 Å². The molecule has 2 aliphatic rings. The molecule has 6 heteroatoms. The minimum atomic E-state index is -0.896. The molecule has 0 aromatic rings. The van der Waals surface area contributed by atoms with Gasteiger partial charge in [0, 0.05) is 24.7 Å². The first kappa shape index (κ1) is 14.1. The number of rotatable bonds is 4. The Balaban J connectivity index is 1.72. The Morgan fingerprint density at radius 1 is 1.37 bits per heavy atom. The van der Waals surface area contributed by atoms with Crippen molar-refractivity contribution < 1.29 is 14.7 Å². The number of hydrogen-bond acceptors (Lipinski definition) is 3. The van der Waals surface area contributed by atoms with E-state index in [0.29, 0.717) is 6.04 Å². The molecule has 0 aromatic carbocycles. The van der Waals surface area contributed by atoms with Crippen LogP contribution in [0, 0.1) is 0 Å². The maximum absolute atomic E-state index is 11.8. The van der Waals surface area contributed by atoms with Crippen molar-refractivity contribution in [2.45, 2.75) is 57.2 Å². The van der Waals surface area contributed by atoms with E-state index in [2.05, 4.69) is 15.5 Å². The van der Waals surface area contributed by atoms with Gasteiger partial charge in [-0.05, 0) is 39.2 Å². The van der Waals surface area contributed by atoms with Crippen LogP contribution < -0.4 is 10.6 Å². The van der Waals surface area contributed by atoms with Gasteiger partial charge in [0.15, 0.2) is 0 Å². The summed E-state index contributed by atoms with van der Waals surface area (Å²) >= 11 is 0. The van der Waals surface area contributed by atoms with Crippen LogP contribution in [0.5, 0.6) is 0 Å². The monoisotopic (exact) mass is 269 g/mol. The average molecular weight is 269 g/mol. The van der Waals surface area contributed by atoms with Crippen molar-refractivity contribution in [2.75, 3.05) is 13.1 Å². The van der Waals surface area contributed by atoms with E-state index >= 15 is 0 Å². The van der Waals surface area contributed by atoms with Gasteiger partial charge in [-0.3, -0.25) is 4.79 Å². The van der Waals surface area contributed by atoms with Crippen LogP contribution in [0.1, 0.15) is 39.0 Å². The van der Waals surface area contributed by atoms with Gasteiger partial charge in [-0.2, -0.15) is 0 Å². The predicted molar refractivity (Wildman–Crippen MR) is 71.0 cm³/mol. The Kier molecular flexibility index (Phi) is 4.63. The summed E-state index contributed by atoms with van der Waals surface area (Å²) in [5, 5.41) is 14.3. The summed E-state index contributed by atoms with van der Waals surface area (Å²) < 4.78 is 0. The fourth-order valence-corrected chi connectivity index (χ4v) is 3.12. The highest BCUT2D eigenvalue weighted by Crippen LogP contribution is 2.26. The molecule has 6 nitrogen and oxygen atoms in total. The van der Waals surface area contributed by atoms with E-state index in [-0.39, 0.29) is 24.5 Å². The molecule has 0 aliphatic carbocycles. The SMILES string of the molecule is CC(CC(=O)O)NC(=O)NC1CCN2CCCC2C1. The standard InChI is InChI=1S/C13H23N3O3/c1-9(7-12(17)18)14-13(19)15-10-4-6-16-5-2-3-11(16)8-10/h9-11H,2-8H2,1H3,(H,17,18)(H2,14,15,19). The first-order chi connectivity index (χ1) is 9.04. The molecule has 0 bridgehead atoms. The van der Waals surface area contributed by atoms with E-state index in [1.165, 1.54) is 19.4 Å². The van der Waals surface area contributed by atoms with E-state index in [1.54, 1.807) is 6.92 Å². The molecule has 3 unspecified atom stereocenters. The molecule has 3 atom stereocenters. The zero-order valence-electron chi connectivity index (χ0n) is 11.4. The van der Waals surface area contributed by atoms with Crippen LogP contribution in [0.4, 0.5) is 4.79 Å². The molecule has 3 N–H and O–H groups in total. The molecule has 2 fully saturated rings. The molecule has 0 aromatic heterocycles. The maximum atomic E-state index is 11.8. The second-order valence-electron chi connectivity index (χ2n) is 5.67. The number of carbonyl (C=O) groups is 2. The van der Waals surface area contributed by atoms with Gasteiger partial charge in [0.05, 0.1) is 6.42 Å². The van der Waals surface area contributed by atoms with Crippen LogP contribution >= 0.6 is 0 Å². The van der Waals surface area contributed by atoms with Gasteiger partial charge < -0.3 is 20.6 Å². The van der Waals surface area contributed by atoms with Gasteiger partial charge >= 0.3 is 12.0 Å². The molecule has 2 aliphatic heterocycles. The summed E-state index contributed by atoms with van der Waals surface area (Å²) in [6.07, 6.45) is 4.45. The number of carboxylic acids is 1. The lowest BCUT2D eigenvalue weighted by Gasteiger charge is -2.35. The third-order valence-electron chi connectivity index (χ3n) is 4.01. The number of carbonyl (C=O) groups excluding carboxylic acids is 1. The largest absolute Gasteiger partial charge is 0.481 e. The van der Waals surface area contributed by atoms with Crippen LogP contribution in [0.15, 0.2) is 0 Å². The molecule has 0 spiro atoms. The van der Waals surface area contributed by atoms with Gasteiger partial charge in [-0.25, -0.2) is 4.79 Å². The molecule has 19 heavy (non-hydrogen) atoms. The minimum absolute atomic E-state index is 0.0471. The number of amides is 2. The summed E-state index contributed by atoms with van der Waals surface area (Å²) in [5.74, 6) is -0.896. The molecule has 0 saturated carbocycles. The van der Waals surface area contributed by atoms with Crippen molar-refractivity contribution in [3.8, 4) is 0 Å². The van der Waals surface area contributed by atoms with Crippen molar-refractivity contribution in [3.05, 3.63) is 0 Å². The van der Waals surface area contributed by atoms with Crippen molar-refractivity contribution in [1.82, 2.24) is 15.5 Å².